The smallest absolute Gasteiger partial charge is 0.416 e. The van der Waals surface area contributed by atoms with Gasteiger partial charge in [-0.3, -0.25) is 0 Å². The fourth-order valence-corrected chi connectivity index (χ4v) is 2.15. The first-order chi connectivity index (χ1) is 11.9. The van der Waals surface area contributed by atoms with Crippen LogP contribution in [0.5, 0.6) is 0 Å². The van der Waals surface area contributed by atoms with E-state index in [1.807, 2.05) is 0 Å². The molecule has 0 aromatic heterocycles. The zero-order valence-corrected chi connectivity index (χ0v) is 15.1. The van der Waals surface area contributed by atoms with Crippen LogP contribution in [-0.4, -0.2) is 37.9 Å². The number of carbonyl (C=O) groups excluding carboxylic acids is 2. The van der Waals surface area contributed by atoms with E-state index in [0.717, 1.165) is 19.2 Å². The molecule has 1 aromatic carbocycles. The highest BCUT2D eigenvalue weighted by Gasteiger charge is 2.35. The van der Waals surface area contributed by atoms with Crippen LogP contribution < -0.4 is 5.32 Å². The lowest BCUT2D eigenvalue weighted by molar-refractivity contribution is -0.147. The summed E-state index contributed by atoms with van der Waals surface area (Å²) in [4.78, 5) is 24.0. The van der Waals surface area contributed by atoms with E-state index in [2.05, 4.69) is 10.1 Å². The molecule has 0 aliphatic heterocycles. The Morgan fingerprint density at radius 2 is 1.58 bits per heavy atom. The van der Waals surface area contributed by atoms with Crippen LogP contribution in [0.4, 0.5) is 18.0 Å². The topological polar surface area (TPSA) is 73.9 Å². The van der Waals surface area contributed by atoms with Crippen molar-refractivity contribution in [2.75, 3.05) is 14.2 Å². The van der Waals surface area contributed by atoms with Gasteiger partial charge >= 0.3 is 18.2 Å². The number of alkyl halides is 3. The van der Waals surface area contributed by atoms with Gasteiger partial charge in [-0.25, -0.2) is 9.59 Å². The Hall–Kier alpha value is -2.29. The van der Waals surface area contributed by atoms with E-state index in [1.165, 1.54) is 19.2 Å². The van der Waals surface area contributed by atoms with Crippen LogP contribution in [0.25, 0.3) is 0 Å². The number of nitrogens with one attached hydrogen (secondary N) is 1. The van der Waals surface area contributed by atoms with Crippen LogP contribution in [0, 0.1) is 0 Å². The van der Waals surface area contributed by atoms with Gasteiger partial charge in [0, 0.05) is 7.11 Å². The van der Waals surface area contributed by atoms with E-state index < -0.39 is 41.5 Å². The van der Waals surface area contributed by atoms with E-state index in [1.54, 1.807) is 20.8 Å². The number of alkyl carbamates (subject to hydrolysis) is 1. The van der Waals surface area contributed by atoms with E-state index in [9.17, 15) is 22.8 Å². The Labute approximate surface area is 149 Å². The molecule has 0 spiro atoms. The van der Waals surface area contributed by atoms with Crippen molar-refractivity contribution in [1.82, 2.24) is 5.32 Å². The first-order valence-electron chi connectivity index (χ1n) is 7.66. The van der Waals surface area contributed by atoms with Crippen molar-refractivity contribution in [3.05, 3.63) is 35.4 Å². The summed E-state index contributed by atoms with van der Waals surface area (Å²) in [7, 11) is 2.38. The molecule has 0 aliphatic carbocycles. The summed E-state index contributed by atoms with van der Waals surface area (Å²) < 4.78 is 53.1. The molecule has 1 amide bonds. The molecule has 0 fully saturated rings. The average Bonchev–Trinajstić information content (AvgIpc) is 2.51. The SMILES string of the molecule is COC(=O)[C@@H](NC(=O)OC(C)(C)C)[C@@H](OC)c1ccc(C(F)(F)F)cc1. The number of rotatable bonds is 5. The van der Waals surface area contributed by atoms with Crippen molar-refractivity contribution in [3.8, 4) is 0 Å². The molecule has 9 heteroatoms. The zero-order chi connectivity index (χ0) is 20.1. The van der Waals surface area contributed by atoms with Crippen LogP contribution in [0.15, 0.2) is 24.3 Å². The van der Waals surface area contributed by atoms with Crippen molar-refractivity contribution >= 4 is 12.1 Å². The zero-order valence-electron chi connectivity index (χ0n) is 15.1. The third-order valence-corrected chi connectivity index (χ3v) is 3.25. The van der Waals surface area contributed by atoms with Gasteiger partial charge in [-0.2, -0.15) is 13.2 Å². The number of carbonyl (C=O) groups is 2. The van der Waals surface area contributed by atoms with Gasteiger partial charge in [-0.1, -0.05) is 12.1 Å². The molecule has 0 heterocycles. The molecule has 0 aliphatic rings. The molecule has 0 radical (unpaired) electrons. The highest BCUT2D eigenvalue weighted by atomic mass is 19.4. The van der Waals surface area contributed by atoms with Gasteiger partial charge in [0.2, 0.25) is 0 Å². The Bertz CT molecular complexity index is 623. The number of methoxy groups -OCH3 is 2. The molecule has 0 saturated carbocycles. The van der Waals surface area contributed by atoms with E-state index >= 15 is 0 Å². The maximum Gasteiger partial charge on any atom is 0.416 e. The van der Waals surface area contributed by atoms with Gasteiger partial charge in [-0.15, -0.1) is 0 Å². The van der Waals surface area contributed by atoms with Gasteiger partial charge in [-0.05, 0) is 38.5 Å². The minimum Gasteiger partial charge on any atom is -0.467 e. The molecule has 6 nitrogen and oxygen atoms in total. The third kappa shape index (κ3) is 6.21. The summed E-state index contributed by atoms with van der Waals surface area (Å²) in [6.07, 6.45) is -6.45. The summed E-state index contributed by atoms with van der Waals surface area (Å²) in [5, 5.41) is 2.34. The van der Waals surface area contributed by atoms with Crippen molar-refractivity contribution in [2.45, 2.75) is 44.7 Å². The average molecular weight is 377 g/mol. The monoisotopic (exact) mass is 377 g/mol. The van der Waals surface area contributed by atoms with E-state index in [-0.39, 0.29) is 5.56 Å². The Morgan fingerprint density at radius 3 is 1.96 bits per heavy atom. The maximum absolute atomic E-state index is 12.7. The molecular formula is C17H22F3NO5. The fourth-order valence-electron chi connectivity index (χ4n) is 2.15. The van der Waals surface area contributed by atoms with Crippen LogP contribution in [0.3, 0.4) is 0 Å². The van der Waals surface area contributed by atoms with Crippen molar-refractivity contribution in [1.29, 1.82) is 0 Å². The Balaban J connectivity index is 3.09. The van der Waals surface area contributed by atoms with Gasteiger partial charge in [0.15, 0.2) is 6.04 Å². The Kier molecular flexibility index (Phi) is 7.02. The number of benzene rings is 1. The molecule has 146 valence electrons. The van der Waals surface area contributed by atoms with Crippen molar-refractivity contribution < 1.29 is 37.0 Å². The first-order valence-corrected chi connectivity index (χ1v) is 7.66. The minimum absolute atomic E-state index is 0.256. The third-order valence-electron chi connectivity index (χ3n) is 3.25. The van der Waals surface area contributed by atoms with Crippen LogP contribution in [0.1, 0.15) is 38.0 Å². The number of hydrogen-bond donors (Lipinski definition) is 1. The van der Waals surface area contributed by atoms with E-state index in [4.69, 9.17) is 9.47 Å². The second-order valence-electron chi connectivity index (χ2n) is 6.42. The number of amides is 1. The summed E-state index contributed by atoms with van der Waals surface area (Å²) in [6.45, 7) is 4.93. The predicted molar refractivity (Wildman–Crippen MR) is 86.4 cm³/mol. The van der Waals surface area contributed by atoms with Crippen molar-refractivity contribution in [3.63, 3.8) is 0 Å². The lowest BCUT2D eigenvalue weighted by Gasteiger charge is -2.27. The van der Waals surface area contributed by atoms with Crippen LogP contribution in [0.2, 0.25) is 0 Å². The Morgan fingerprint density at radius 1 is 1.04 bits per heavy atom. The molecule has 1 rings (SSSR count). The lowest BCUT2D eigenvalue weighted by Crippen LogP contribution is -2.47. The van der Waals surface area contributed by atoms with Crippen molar-refractivity contribution in [2.24, 2.45) is 0 Å². The predicted octanol–water partition coefficient (Wildman–Crippen LogP) is 3.46. The molecule has 0 unspecified atom stereocenters. The molecule has 0 bridgehead atoms. The normalized spacial score (nSPS) is 14.3. The molecular weight excluding hydrogens is 355 g/mol. The van der Waals surface area contributed by atoms with E-state index in [0.29, 0.717) is 0 Å². The summed E-state index contributed by atoms with van der Waals surface area (Å²) in [5.74, 6) is -0.831. The minimum atomic E-state index is -4.49. The summed E-state index contributed by atoms with van der Waals surface area (Å²) in [6, 6.07) is 2.76. The number of ether oxygens (including phenoxy) is 3. The highest BCUT2D eigenvalue weighted by molar-refractivity contribution is 5.82. The highest BCUT2D eigenvalue weighted by Crippen LogP contribution is 2.31. The molecule has 1 N–H and O–H groups in total. The first kappa shape index (κ1) is 21.8. The van der Waals surface area contributed by atoms with Crippen LogP contribution >= 0.6 is 0 Å². The second-order valence-corrected chi connectivity index (χ2v) is 6.42. The molecule has 26 heavy (non-hydrogen) atoms. The fraction of sp³-hybridized carbons (Fsp3) is 0.529. The van der Waals surface area contributed by atoms with Gasteiger partial charge in [0.1, 0.15) is 11.7 Å². The molecule has 1 aromatic rings. The largest absolute Gasteiger partial charge is 0.467 e. The van der Waals surface area contributed by atoms with Gasteiger partial charge < -0.3 is 19.5 Å². The maximum atomic E-state index is 12.7. The second kappa shape index (κ2) is 8.39. The standard InChI is InChI=1S/C17H22F3NO5/c1-16(2,3)26-15(23)21-12(14(22)25-5)13(24-4)10-6-8-11(9-7-10)17(18,19)20/h6-9,12-13H,1-5H3,(H,21,23)/t12-,13-/m0/s1. The number of esters is 1. The quantitative estimate of drug-likeness (QED) is 0.796. The van der Waals surface area contributed by atoms with Gasteiger partial charge in [0.25, 0.3) is 0 Å². The number of halogens is 3. The summed E-state index contributed by atoms with van der Waals surface area (Å²) in [5.41, 5.74) is -1.39. The summed E-state index contributed by atoms with van der Waals surface area (Å²) >= 11 is 0. The van der Waals surface area contributed by atoms with Crippen LogP contribution in [-0.2, 0) is 25.2 Å². The number of hydrogen-bond acceptors (Lipinski definition) is 5. The molecule has 0 saturated heterocycles. The molecule has 2 atom stereocenters. The van der Waals surface area contributed by atoms with Gasteiger partial charge in [0.05, 0.1) is 12.7 Å². The lowest BCUT2D eigenvalue weighted by atomic mass is 10.0.